The largest absolute Gasteiger partial charge is 0.469 e. The van der Waals surface area contributed by atoms with Crippen molar-refractivity contribution in [3.63, 3.8) is 0 Å². The van der Waals surface area contributed by atoms with E-state index in [2.05, 4.69) is 21.4 Å². The van der Waals surface area contributed by atoms with E-state index in [1.807, 2.05) is 4.90 Å². The fourth-order valence-electron chi connectivity index (χ4n) is 1.87. The minimum absolute atomic E-state index is 0.119. The summed E-state index contributed by atoms with van der Waals surface area (Å²) in [4.78, 5) is 24.4. The molecule has 0 aliphatic carbocycles. The number of methoxy groups -OCH3 is 1. The molecule has 1 unspecified atom stereocenters. The molecule has 0 saturated carbocycles. The number of rotatable bonds is 6. The van der Waals surface area contributed by atoms with Gasteiger partial charge >= 0.3 is 5.97 Å². The molecule has 1 aliphatic heterocycles. The van der Waals surface area contributed by atoms with E-state index in [-0.39, 0.29) is 24.5 Å². The molecule has 2 N–H and O–H groups in total. The number of esters is 1. The van der Waals surface area contributed by atoms with Crippen LogP contribution in [0.5, 0.6) is 0 Å². The molecule has 0 aromatic carbocycles. The number of hydrogen-bond donors (Lipinski definition) is 2. The van der Waals surface area contributed by atoms with Crippen LogP contribution in [0.3, 0.4) is 0 Å². The zero-order chi connectivity index (χ0) is 14.1. The van der Waals surface area contributed by atoms with Crippen LogP contribution in [0.15, 0.2) is 0 Å². The van der Waals surface area contributed by atoms with Crippen molar-refractivity contribution in [3.05, 3.63) is 0 Å². The number of amides is 1. The molecule has 1 amide bonds. The summed E-state index contributed by atoms with van der Waals surface area (Å²) in [7, 11) is 1.34. The predicted molar refractivity (Wildman–Crippen MR) is 68.1 cm³/mol. The molecule has 1 atom stereocenters. The molecule has 0 radical (unpaired) electrons. The minimum Gasteiger partial charge on any atom is -0.469 e. The van der Waals surface area contributed by atoms with E-state index in [4.69, 9.17) is 5.26 Å². The Kier molecular flexibility index (Phi) is 6.85. The van der Waals surface area contributed by atoms with Crippen molar-refractivity contribution in [1.29, 1.82) is 5.26 Å². The van der Waals surface area contributed by atoms with Gasteiger partial charge in [-0.05, 0) is 6.42 Å². The Morgan fingerprint density at radius 2 is 2.37 bits per heavy atom. The molecule has 7 heteroatoms. The Bertz CT molecular complexity index is 353. The van der Waals surface area contributed by atoms with Gasteiger partial charge < -0.3 is 15.4 Å². The lowest BCUT2D eigenvalue weighted by Gasteiger charge is -2.31. The first-order valence-electron chi connectivity index (χ1n) is 6.35. The fraction of sp³-hybridized carbons (Fsp3) is 0.750. The Hall–Kier alpha value is -1.65. The van der Waals surface area contributed by atoms with Crippen molar-refractivity contribution in [3.8, 4) is 6.07 Å². The van der Waals surface area contributed by atoms with Crippen LogP contribution >= 0.6 is 0 Å². The van der Waals surface area contributed by atoms with Crippen LogP contribution in [0, 0.1) is 11.3 Å². The average Bonchev–Trinajstić information content (AvgIpc) is 2.43. The quantitative estimate of drug-likeness (QED) is 0.467. The van der Waals surface area contributed by atoms with E-state index < -0.39 is 0 Å². The van der Waals surface area contributed by atoms with Crippen LogP contribution in [-0.4, -0.2) is 62.7 Å². The number of hydrogen-bond acceptors (Lipinski definition) is 6. The first-order chi connectivity index (χ1) is 9.17. The summed E-state index contributed by atoms with van der Waals surface area (Å²) in [5, 5.41) is 14.8. The van der Waals surface area contributed by atoms with Crippen LogP contribution in [0.2, 0.25) is 0 Å². The van der Waals surface area contributed by atoms with E-state index in [9.17, 15) is 9.59 Å². The van der Waals surface area contributed by atoms with Gasteiger partial charge in [0.2, 0.25) is 5.91 Å². The topological polar surface area (TPSA) is 94.5 Å². The second kappa shape index (κ2) is 8.45. The molecule has 1 rings (SSSR count). The molecule has 0 aromatic rings. The Balaban J connectivity index is 2.19. The summed E-state index contributed by atoms with van der Waals surface area (Å²) in [6.07, 6.45) is 0.854. The maximum atomic E-state index is 11.7. The van der Waals surface area contributed by atoms with Gasteiger partial charge in [-0.25, -0.2) is 0 Å². The molecule has 0 bridgehead atoms. The van der Waals surface area contributed by atoms with Gasteiger partial charge in [0, 0.05) is 32.6 Å². The summed E-state index contributed by atoms with van der Waals surface area (Å²) in [6.45, 7) is 2.73. The van der Waals surface area contributed by atoms with Gasteiger partial charge in [-0.15, -0.1) is 0 Å². The lowest BCUT2D eigenvalue weighted by atomic mass is 10.2. The van der Waals surface area contributed by atoms with Crippen molar-refractivity contribution >= 4 is 11.9 Å². The number of nitrogens with zero attached hydrogens (tertiary/aromatic N) is 2. The van der Waals surface area contributed by atoms with Gasteiger partial charge in [-0.1, -0.05) is 0 Å². The monoisotopic (exact) mass is 268 g/mol. The zero-order valence-electron chi connectivity index (χ0n) is 11.1. The highest BCUT2D eigenvalue weighted by Crippen LogP contribution is 2.01. The molecule has 0 aromatic heterocycles. The summed E-state index contributed by atoms with van der Waals surface area (Å²) in [5.41, 5.74) is 0. The summed E-state index contributed by atoms with van der Waals surface area (Å²) in [5.74, 6) is -0.395. The second-order valence-electron chi connectivity index (χ2n) is 4.35. The third-order valence-corrected chi connectivity index (χ3v) is 2.96. The highest BCUT2D eigenvalue weighted by Gasteiger charge is 2.23. The SMILES string of the molecule is COC(=O)CCCNC(=O)CN1CCNCC1C#N. The average molecular weight is 268 g/mol. The molecule has 1 fully saturated rings. The third kappa shape index (κ3) is 5.68. The summed E-state index contributed by atoms with van der Waals surface area (Å²) >= 11 is 0. The highest BCUT2D eigenvalue weighted by atomic mass is 16.5. The molecule has 19 heavy (non-hydrogen) atoms. The summed E-state index contributed by atoms with van der Waals surface area (Å²) in [6, 6.07) is 1.92. The number of piperazine rings is 1. The number of carbonyl (C=O) groups is 2. The van der Waals surface area contributed by atoms with Crippen LogP contribution in [0.4, 0.5) is 0 Å². The maximum absolute atomic E-state index is 11.7. The van der Waals surface area contributed by atoms with E-state index in [0.29, 0.717) is 32.5 Å². The van der Waals surface area contributed by atoms with Gasteiger partial charge in [-0.2, -0.15) is 5.26 Å². The van der Waals surface area contributed by atoms with E-state index in [1.165, 1.54) is 7.11 Å². The molecule has 0 spiro atoms. The van der Waals surface area contributed by atoms with Crippen LogP contribution in [0.1, 0.15) is 12.8 Å². The Morgan fingerprint density at radius 1 is 1.58 bits per heavy atom. The first kappa shape index (κ1) is 15.4. The van der Waals surface area contributed by atoms with Crippen molar-refractivity contribution in [2.75, 3.05) is 39.8 Å². The molecule has 106 valence electrons. The zero-order valence-corrected chi connectivity index (χ0v) is 11.1. The smallest absolute Gasteiger partial charge is 0.305 e. The number of ether oxygens (including phenoxy) is 1. The van der Waals surface area contributed by atoms with Gasteiger partial charge in [0.1, 0.15) is 6.04 Å². The normalized spacial score (nSPS) is 19.5. The van der Waals surface area contributed by atoms with E-state index in [0.717, 1.165) is 6.54 Å². The van der Waals surface area contributed by atoms with Gasteiger partial charge in [0.15, 0.2) is 0 Å². The molecule has 1 saturated heterocycles. The number of nitrogens with one attached hydrogen (secondary N) is 2. The van der Waals surface area contributed by atoms with Gasteiger partial charge in [0.05, 0.1) is 19.7 Å². The Labute approximate surface area is 112 Å². The van der Waals surface area contributed by atoms with Crippen molar-refractivity contribution in [2.45, 2.75) is 18.9 Å². The van der Waals surface area contributed by atoms with Crippen LogP contribution < -0.4 is 10.6 Å². The minimum atomic E-state index is -0.277. The van der Waals surface area contributed by atoms with Crippen molar-refractivity contribution in [2.24, 2.45) is 0 Å². The molecular formula is C12H20N4O3. The predicted octanol–water partition coefficient (Wildman–Crippen LogP) is -1.15. The van der Waals surface area contributed by atoms with Crippen molar-refractivity contribution < 1.29 is 14.3 Å². The standard InChI is InChI=1S/C12H20N4O3/c1-19-12(18)3-2-4-15-11(17)9-16-6-5-14-8-10(16)7-13/h10,14H,2-6,8-9H2,1H3,(H,15,17). The first-order valence-corrected chi connectivity index (χ1v) is 6.35. The Morgan fingerprint density at radius 3 is 3.05 bits per heavy atom. The third-order valence-electron chi connectivity index (χ3n) is 2.96. The van der Waals surface area contributed by atoms with Gasteiger partial charge in [0.25, 0.3) is 0 Å². The number of nitriles is 1. The summed E-state index contributed by atoms with van der Waals surface area (Å²) < 4.78 is 4.50. The molecule has 1 heterocycles. The molecular weight excluding hydrogens is 248 g/mol. The fourth-order valence-corrected chi connectivity index (χ4v) is 1.87. The molecule has 7 nitrogen and oxygen atoms in total. The lowest BCUT2D eigenvalue weighted by molar-refractivity contribution is -0.140. The second-order valence-corrected chi connectivity index (χ2v) is 4.35. The van der Waals surface area contributed by atoms with Crippen molar-refractivity contribution in [1.82, 2.24) is 15.5 Å². The van der Waals surface area contributed by atoms with E-state index in [1.54, 1.807) is 0 Å². The lowest BCUT2D eigenvalue weighted by Crippen LogP contribution is -2.53. The van der Waals surface area contributed by atoms with Gasteiger partial charge in [-0.3, -0.25) is 14.5 Å². The van der Waals surface area contributed by atoms with Crippen LogP contribution in [-0.2, 0) is 14.3 Å². The maximum Gasteiger partial charge on any atom is 0.305 e. The number of carbonyl (C=O) groups excluding carboxylic acids is 2. The highest BCUT2D eigenvalue weighted by molar-refractivity contribution is 5.78. The molecule has 1 aliphatic rings. The van der Waals surface area contributed by atoms with Crippen LogP contribution in [0.25, 0.3) is 0 Å². The van der Waals surface area contributed by atoms with E-state index >= 15 is 0 Å².